The Hall–Kier alpha value is -1.62. The maximum absolute atomic E-state index is 10.6. The fourth-order valence-electron chi connectivity index (χ4n) is 1.47. The Bertz CT molecular complexity index is 380. The fourth-order valence-corrected chi connectivity index (χ4v) is 1.47. The summed E-state index contributed by atoms with van der Waals surface area (Å²) < 4.78 is 5.56. The smallest absolute Gasteiger partial charge is 0.269 e. The van der Waals surface area contributed by atoms with Gasteiger partial charge in [0.25, 0.3) is 5.69 Å². The molecule has 1 N–H and O–H groups in total. The van der Waals surface area contributed by atoms with E-state index >= 15 is 0 Å². The van der Waals surface area contributed by atoms with E-state index in [2.05, 4.69) is 12.2 Å². The van der Waals surface area contributed by atoms with Crippen LogP contribution in [-0.4, -0.2) is 24.6 Å². The van der Waals surface area contributed by atoms with Crippen molar-refractivity contribution in [3.05, 3.63) is 33.9 Å². The van der Waals surface area contributed by atoms with Gasteiger partial charge in [0.15, 0.2) is 0 Å². The molecule has 0 saturated carbocycles. The molecule has 0 fully saturated rings. The van der Waals surface area contributed by atoms with Gasteiger partial charge in [-0.2, -0.15) is 0 Å². The highest BCUT2D eigenvalue weighted by atomic mass is 16.6. The van der Waals surface area contributed by atoms with Crippen LogP contribution in [0.1, 0.15) is 18.9 Å². The average Bonchev–Trinajstić information content (AvgIpc) is 2.30. The van der Waals surface area contributed by atoms with Crippen molar-refractivity contribution in [3.8, 4) is 5.75 Å². The van der Waals surface area contributed by atoms with Gasteiger partial charge in [0.05, 0.1) is 11.5 Å². The molecule has 0 aliphatic rings. The quantitative estimate of drug-likeness (QED) is 0.449. The lowest BCUT2D eigenvalue weighted by molar-refractivity contribution is -0.384. The topological polar surface area (TPSA) is 64.4 Å². The van der Waals surface area contributed by atoms with Crippen molar-refractivity contribution in [1.82, 2.24) is 5.32 Å². The highest BCUT2D eigenvalue weighted by molar-refractivity contribution is 5.42. The minimum Gasteiger partial charge on any atom is -0.493 e. The summed E-state index contributed by atoms with van der Waals surface area (Å²) in [5.41, 5.74) is 0.894. The van der Waals surface area contributed by atoms with E-state index in [4.69, 9.17) is 4.74 Å². The number of rotatable bonds is 7. The van der Waals surface area contributed by atoms with Gasteiger partial charge in [0, 0.05) is 12.1 Å². The second-order valence-corrected chi connectivity index (χ2v) is 3.76. The number of hydrogen-bond donors (Lipinski definition) is 1. The molecule has 0 aromatic heterocycles. The Morgan fingerprint density at radius 3 is 2.82 bits per heavy atom. The summed E-state index contributed by atoms with van der Waals surface area (Å²) in [4.78, 5) is 10.2. The Morgan fingerprint density at radius 2 is 2.24 bits per heavy atom. The SMILES string of the molecule is CCNCCCOc1ccc([N+](=O)[O-])cc1C. The molecule has 0 heterocycles. The highest BCUT2D eigenvalue weighted by Gasteiger charge is 2.08. The third-order valence-corrected chi connectivity index (χ3v) is 2.37. The van der Waals surface area contributed by atoms with Crippen molar-refractivity contribution in [2.24, 2.45) is 0 Å². The van der Waals surface area contributed by atoms with Crippen LogP contribution in [-0.2, 0) is 0 Å². The van der Waals surface area contributed by atoms with Crippen LogP contribution in [0.5, 0.6) is 5.75 Å². The Balaban J connectivity index is 2.46. The molecule has 0 aliphatic heterocycles. The molecule has 0 saturated heterocycles. The summed E-state index contributed by atoms with van der Waals surface area (Å²) in [5.74, 6) is 0.715. The normalized spacial score (nSPS) is 10.2. The summed E-state index contributed by atoms with van der Waals surface area (Å²) in [7, 11) is 0. The lowest BCUT2D eigenvalue weighted by Gasteiger charge is -2.08. The van der Waals surface area contributed by atoms with E-state index < -0.39 is 4.92 Å². The molecule has 1 aromatic rings. The maximum Gasteiger partial charge on any atom is 0.269 e. The number of aryl methyl sites for hydroxylation is 1. The molecule has 94 valence electrons. The van der Waals surface area contributed by atoms with Gasteiger partial charge in [0.2, 0.25) is 0 Å². The van der Waals surface area contributed by atoms with Crippen LogP contribution in [0.25, 0.3) is 0 Å². The molecule has 0 bridgehead atoms. The van der Waals surface area contributed by atoms with E-state index in [1.807, 2.05) is 6.92 Å². The third-order valence-electron chi connectivity index (χ3n) is 2.37. The zero-order valence-corrected chi connectivity index (χ0v) is 10.2. The number of nitro benzene ring substituents is 1. The average molecular weight is 238 g/mol. The van der Waals surface area contributed by atoms with Gasteiger partial charge in [-0.05, 0) is 38.1 Å². The standard InChI is InChI=1S/C12H18N2O3/c1-3-13-7-4-8-17-12-6-5-11(14(15)16)9-10(12)2/h5-6,9,13H,3-4,7-8H2,1-2H3. The molecule has 5 nitrogen and oxygen atoms in total. The molecular weight excluding hydrogens is 220 g/mol. The Kier molecular flexibility index (Phi) is 5.42. The van der Waals surface area contributed by atoms with Crippen LogP contribution in [0.2, 0.25) is 0 Å². The molecule has 5 heteroatoms. The van der Waals surface area contributed by atoms with Crippen LogP contribution in [0, 0.1) is 17.0 Å². The number of nitrogens with one attached hydrogen (secondary N) is 1. The van der Waals surface area contributed by atoms with Gasteiger partial charge >= 0.3 is 0 Å². The molecule has 0 atom stereocenters. The van der Waals surface area contributed by atoms with Crippen molar-refractivity contribution in [2.75, 3.05) is 19.7 Å². The summed E-state index contributed by atoms with van der Waals surface area (Å²) in [6.45, 7) is 6.36. The number of nitro groups is 1. The lowest BCUT2D eigenvalue weighted by Crippen LogP contribution is -2.16. The molecular formula is C12H18N2O3. The minimum atomic E-state index is -0.401. The van der Waals surface area contributed by atoms with Crippen molar-refractivity contribution in [1.29, 1.82) is 0 Å². The van der Waals surface area contributed by atoms with Gasteiger partial charge in [-0.25, -0.2) is 0 Å². The molecule has 1 aromatic carbocycles. The highest BCUT2D eigenvalue weighted by Crippen LogP contribution is 2.23. The number of non-ortho nitro benzene ring substituents is 1. The van der Waals surface area contributed by atoms with Crippen molar-refractivity contribution in [3.63, 3.8) is 0 Å². The van der Waals surface area contributed by atoms with Crippen LogP contribution in [0.4, 0.5) is 5.69 Å². The van der Waals surface area contributed by atoms with Crippen LogP contribution in [0.3, 0.4) is 0 Å². The molecule has 0 amide bonds. The summed E-state index contributed by atoms with van der Waals surface area (Å²) in [5, 5.41) is 13.8. The van der Waals surface area contributed by atoms with Gasteiger partial charge in [-0.15, -0.1) is 0 Å². The van der Waals surface area contributed by atoms with Crippen LogP contribution in [0.15, 0.2) is 18.2 Å². The van der Waals surface area contributed by atoms with Crippen molar-refractivity contribution < 1.29 is 9.66 Å². The summed E-state index contributed by atoms with van der Waals surface area (Å²) in [6, 6.07) is 4.65. The fraction of sp³-hybridized carbons (Fsp3) is 0.500. The first-order chi connectivity index (χ1) is 8.15. The van der Waals surface area contributed by atoms with Crippen molar-refractivity contribution >= 4 is 5.69 Å². The molecule has 0 spiro atoms. The van der Waals surface area contributed by atoms with Gasteiger partial charge in [-0.3, -0.25) is 10.1 Å². The minimum absolute atomic E-state index is 0.0995. The van der Waals surface area contributed by atoms with Crippen LogP contribution >= 0.6 is 0 Å². The number of nitrogens with zero attached hydrogens (tertiary/aromatic N) is 1. The van der Waals surface area contributed by atoms with Gasteiger partial charge < -0.3 is 10.1 Å². The van der Waals surface area contributed by atoms with Gasteiger partial charge in [-0.1, -0.05) is 6.92 Å². The lowest BCUT2D eigenvalue weighted by atomic mass is 10.2. The van der Waals surface area contributed by atoms with E-state index in [1.165, 1.54) is 12.1 Å². The maximum atomic E-state index is 10.6. The first-order valence-corrected chi connectivity index (χ1v) is 5.73. The largest absolute Gasteiger partial charge is 0.493 e. The Morgan fingerprint density at radius 1 is 1.47 bits per heavy atom. The Labute approximate surface area is 101 Å². The number of benzene rings is 1. The van der Waals surface area contributed by atoms with Crippen molar-refractivity contribution in [2.45, 2.75) is 20.3 Å². The summed E-state index contributed by atoms with van der Waals surface area (Å²) >= 11 is 0. The summed E-state index contributed by atoms with van der Waals surface area (Å²) in [6.07, 6.45) is 0.921. The number of ether oxygens (including phenoxy) is 1. The number of hydrogen-bond acceptors (Lipinski definition) is 4. The third kappa shape index (κ3) is 4.40. The van der Waals surface area contributed by atoms with Gasteiger partial charge in [0.1, 0.15) is 5.75 Å². The predicted octanol–water partition coefficient (Wildman–Crippen LogP) is 2.28. The molecule has 0 aliphatic carbocycles. The molecule has 0 unspecified atom stereocenters. The monoisotopic (exact) mass is 238 g/mol. The molecule has 17 heavy (non-hydrogen) atoms. The molecule has 0 radical (unpaired) electrons. The first-order valence-electron chi connectivity index (χ1n) is 5.73. The first kappa shape index (κ1) is 13.4. The second-order valence-electron chi connectivity index (χ2n) is 3.76. The van der Waals surface area contributed by atoms with Crippen LogP contribution < -0.4 is 10.1 Å². The van der Waals surface area contributed by atoms with E-state index in [0.717, 1.165) is 25.1 Å². The molecule has 1 rings (SSSR count). The zero-order chi connectivity index (χ0) is 12.7. The predicted molar refractivity (Wildman–Crippen MR) is 66.5 cm³/mol. The van der Waals surface area contributed by atoms with E-state index in [9.17, 15) is 10.1 Å². The van der Waals surface area contributed by atoms with E-state index in [1.54, 1.807) is 6.07 Å². The second kappa shape index (κ2) is 6.85. The van der Waals surface area contributed by atoms with E-state index in [-0.39, 0.29) is 5.69 Å². The van der Waals surface area contributed by atoms with E-state index in [0.29, 0.717) is 12.4 Å². The zero-order valence-electron chi connectivity index (χ0n) is 10.2.